The SMILES string of the molecule is CC(C)C1=CN=C2C=NN=CC12. The smallest absolute Gasteiger partial charge is 0.0731 e. The molecule has 0 N–H and O–H groups in total. The molecule has 2 rings (SSSR count). The van der Waals surface area contributed by atoms with E-state index >= 15 is 0 Å². The average molecular weight is 161 g/mol. The van der Waals surface area contributed by atoms with E-state index < -0.39 is 0 Å². The Labute approximate surface area is 71.6 Å². The van der Waals surface area contributed by atoms with E-state index in [1.165, 1.54) is 5.57 Å². The quantitative estimate of drug-likeness (QED) is 0.561. The van der Waals surface area contributed by atoms with Crippen molar-refractivity contribution in [2.45, 2.75) is 13.8 Å². The maximum atomic E-state index is 4.27. The van der Waals surface area contributed by atoms with E-state index in [1.807, 2.05) is 12.4 Å². The van der Waals surface area contributed by atoms with Crippen LogP contribution in [0.25, 0.3) is 0 Å². The Balaban J connectivity index is 2.27. The summed E-state index contributed by atoms with van der Waals surface area (Å²) < 4.78 is 0. The molecule has 0 spiro atoms. The molecule has 3 nitrogen and oxygen atoms in total. The molecule has 1 unspecified atom stereocenters. The van der Waals surface area contributed by atoms with Crippen molar-refractivity contribution in [2.24, 2.45) is 27.0 Å². The van der Waals surface area contributed by atoms with Gasteiger partial charge in [-0.2, -0.15) is 10.2 Å². The Bertz CT molecular complexity index is 308. The van der Waals surface area contributed by atoms with Crippen molar-refractivity contribution in [3.8, 4) is 0 Å². The molecule has 0 saturated heterocycles. The molecule has 0 saturated carbocycles. The zero-order valence-corrected chi connectivity index (χ0v) is 7.23. The number of hydrogen-bond donors (Lipinski definition) is 0. The third kappa shape index (κ3) is 1.02. The minimum absolute atomic E-state index is 0.294. The highest BCUT2D eigenvalue weighted by molar-refractivity contribution is 6.37. The van der Waals surface area contributed by atoms with Crippen molar-refractivity contribution < 1.29 is 0 Å². The minimum Gasteiger partial charge on any atom is -0.259 e. The van der Waals surface area contributed by atoms with Crippen molar-refractivity contribution >= 4 is 18.1 Å². The van der Waals surface area contributed by atoms with Gasteiger partial charge in [0.05, 0.1) is 17.8 Å². The molecule has 0 aliphatic carbocycles. The third-order valence-corrected chi connectivity index (χ3v) is 2.18. The predicted octanol–water partition coefficient (Wildman–Crippen LogP) is 1.67. The third-order valence-electron chi connectivity index (χ3n) is 2.18. The molecular formula is C9H11N3. The molecule has 12 heavy (non-hydrogen) atoms. The summed E-state index contributed by atoms with van der Waals surface area (Å²) in [6.45, 7) is 4.34. The van der Waals surface area contributed by atoms with Gasteiger partial charge in [0.1, 0.15) is 0 Å². The van der Waals surface area contributed by atoms with Crippen LogP contribution in [0.3, 0.4) is 0 Å². The normalized spacial score (nSPS) is 25.8. The van der Waals surface area contributed by atoms with Crippen LogP contribution in [-0.4, -0.2) is 18.1 Å². The maximum Gasteiger partial charge on any atom is 0.0731 e. The summed E-state index contributed by atoms with van der Waals surface area (Å²) in [5.74, 6) is 0.830. The zero-order valence-electron chi connectivity index (χ0n) is 7.23. The number of rotatable bonds is 1. The Morgan fingerprint density at radius 1 is 1.33 bits per heavy atom. The molecule has 2 aliphatic rings. The van der Waals surface area contributed by atoms with Gasteiger partial charge in [0.2, 0.25) is 0 Å². The summed E-state index contributed by atoms with van der Waals surface area (Å²) in [6, 6.07) is 0. The van der Waals surface area contributed by atoms with E-state index in [9.17, 15) is 0 Å². The number of nitrogens with zero attached hydrogens (tertiary/aromatic N) is 3. The summed E-state index contributed by atoms with van der Waals surface area (Å²) in [5, 5.41) is 7.67. The van der Waals surface area contributed by atoms with Crippen LogP contribution in [0.5, 0.6) is 0 Å². The van der Waals surface area contributed by atoms with Gasteiger partial charge in [-0.25, -0.2) is 0 Å². The lowest BCUT2D eigenvalue weighted by atomic mass is 9.90. The molecule has 0 bridgehead atoms. The van der Waals surface area contributed by atoms with Crippen LogP contribution in [0, 0.1) is 11.8 Å². The first kappa shape index (κ1) is 7.40. The second-order valence-electron chi connectivity index (χ2n) is 3.32. The van der Waals surface area contributed by atoms with E-state index in [2.05, 4.69) is 29.0 Å². The highest BCUT2D eigenvalue weighted by atomic mass is 15.2. The summed E-state index contributed by atoms with van der Waals surface area (Å²) in [4.78, 5) is 4.27. The topological polar surface area (TPSA) is 37.1 Å². The van der Waals surface area contributed by atoms with Gasteiger partial charge in [0.25, 0.3) is 0 Å². The van der Waals surface area contributed by atoms with Gasteiger partial charge >= 0.3 is 0 Å². The van der Waals surface area contributed by atoms with E-state index in [4.69, 9.17) is 0 Å². The lowest BCUT2D eigenvalue weighted by molar-refractivity contribution is 0.732. The Kier molecular flexibility index (Phi) is 1.64. The molecule has 0 fully saturated rings. The molecule has 3 heteroatoms. The lowest BCUT2D eigenvalue weighted by Crippen LogP contribution is -2.20. The van der Waals surface area contributed by atoms with Gasteiger partial charge in [0, 0.05) is 12.4 Å². The Morgan fingerprint density at radius 3 is 2.92 bits per heavy atom. The van der Waals surface area contributed by atoms with Crippen LogP contribution in [0.15, 0.2) is 27.0 Å². The highest BCUT2D eigenvalue weighted by Crippen LogP contribution is 2.25. The van der Waals surface area contributed by atoms with Crippen LogP contribution in [0.2, 0.25) is 0 Å². The van der Waals surface area contributed by atoms with Crippen molar-refractivity contribution in [1.82, 2.24) is 0 Å². The largest absolute Gasteiger partial charge is 0.259 e. The summed E-state index contributed by atoms with van der Waals surface area (Å²) in [5.41, 5.74) is 2.36. The van der Waals surface area contributed by atoms with Crippen LogP contribution >= 0.6 is 0 Å². The molecule has 0 aromatic rings. The van der Waals surface area contributed by atoms with Gasteiger partial charge in [-0.05, 0) is 11.5 Å². The monoisotopic (exact) mass is 161 g/mol. The Morgan fingerprint density at radius 2 is 2.17 bits per heavy atom. The second kappa shape index (κ2) is 2.66. The zero-order chi connectivity index (χ0) is 8.55. The average Bonchev–Trinajstić information content (AvgIpc) is 2.47. The highest BCUT2D eigenvalue weighted by Gasteiger charge is 2.25. The predicted molar refractivity (Wildman–Crippen MR) is 50.8 cm³/mol. The fourth-order valence-electron chi connectivity index (χ4n) is 1.46. The van der Waals surface area contributed by atoms with E-state index in [1.54, 1.807) is 6.21 Å². The summed E-state index contributed by atoms with van der Waals surface area (Å²) >= 11 is 0. The van der Waals surface area contributed by atoms with Crippen LogP contribution in [0.4, 0.5) is 0 Å². The van der Waals surface area contributed by atoms with Crippen molar-refractivity contribution in [3.05, 3.63) is 11.8 Å². The standard InChI is InChI=1S/C9H11N3/c1-6(2)7-3-10-9-5-12-11-4-8(7)9/h3-6,8H,1-2H3. The molecular weight excluding hydrogens is 150 g/mol. The van der Waals surface area contributed by atoms with Gasteiger partial charge in [-0.1, -0.05) is 13.8 Å². The summed E-state index contributed by atoms with van der Waals surface area (Å²) in [7, 11) is 0. The van der Waals surface area contributed by atoms with E-state index in [0.29, 0.717) is 11.8 Å². The molecule has 1 atom stereocenters. The van der Waals surface area contributed by atoms with Crippen LogP contribution < -0.4 is 0 Å². The van der Waals surface area contributed by atoms with Crippen molar-refractivity contribution in [2.75, 3.05) is 0 Å². The second-order valence-corrected chi connectivity index (χ2v) is 3.32. The first-order valence-corrected chi connectivity index (χ1v) is 4.13. The molecule has 0 amide bonds. The van der Waals surface area contributed by atoms with Gasteiger partial charge in [-0.3, -0.25) is 4.99 Å². The first-order valence-electron chi connectivity index (χ1n) is 4.13. The number of allylic oxidation sites excluding steroid dienone is 1. The van der Waals surface area contributed by atoms with Crippen LogP contribution in [0.1, 0.15) is 13.8 Å². The lowest BCUT2D eigenvalue weighted by Gasteiger charge is -2.14. The molecule has 0 aromatic heterocycles. The van der Waals surface area contributed by atoms with Gasteiger partial charge < -0.3 is 0 Å². The van der Waals surface area contributed by atoms with Crippen molar-refractivity contribution in [1.29, 1.82) is 0 Å². The molecule has 0 radical (unpaired) electrons. The number of hydrogen-bond acceptors (Lipinski definition) is 3. The first-order chi connectivity index (χ1) is 5.79. The minimum atomic E-state index is 0.294. The fourth-order valence-corrected chi connectivity index (χ4v) is 1.46. The number of aliphatic imine (C=N–C) groups is 1. The molecule has 2 aliphatic heterocycles. The van der Waals surface area contributed by atoms with E-state index in [0.717, 1.165) is 5.71 Å². The Hall–Kier alpha value is -1.25. The fraction of sp³-hybridized carbons (Fsp3) is 0.444. The molecule has 2 heterocycles. The van der Waals surface area contributed by atoms with Gasteiger partial charge in [-0.15, -0.1) is 0 Å². The summed E-state index contributed by atoms with van der Waals surface area (Å²) in [6.07, 6.45) is 5.53. The maximum absolute atomic E-state index is 4.27. The molecule has 0 aromatic carbocycles. The number of fused-ring (bicyclic) bond motifs is 1. The molecule has 62 valence electrons. The van der Waals surface area contributed by atoms with Crippen LogP contribution in [-0.2, 0) is 0 Å². The van der Waals surface area contributed by atoms with Crippen molar-refractivity contribution in [3.63, 3.8) is 0 Å². The van der Waals surface area contributed by atoms with Gasteiger partial charge in [0.15, 0.2) is 0 Å². The van der Waals surface area contributed by atoms with E-state index in [-0.39, 0.29) is 0 Å².